The third-order valence-electron chi connectivity index (χ3n) is 8.71. The second-order valence-electron chi connectivity index (χ2n) is 13.4. The molecule has 4 aromatic carbocycles. The van der Waals surface area contributed by atoms with Gasteiger partial charge in [0.1, 0.15) is 5.60 Å². The minimum Gasteiger partial charge on any atom is -0.468 e. The van der Waals surface area contributed by atoms with E-state index in [0.717, 1.165) is 29.7 Å². The van der Waals surface area contributed by atoms with Gasteiger partial charge in [0.15, 0.2) is 0 Å². The maximum Gasteiger partial charge on any atom is 0.416 e. The SMILES string of the molecule is COC(=O)C(CN(C[C@@H]1CCCN1C(=O)OC(C)(C)C)C(=O)c1ccc(-c2ccc(C(F)(F)F)cc2)cc1)c1ccc(-c2ccccc2)cc1. The zero-order valence-electron chi connectivity index (χ0n) is 28.6. The minimum atomic E-state index is -4.44. The van der Waals surface area contributed by atoms with Crippen molar-refractivity contribution in [2.75, 3.05) is 26.7 Å². The Morgan fingerprint density at radius 1 is 0.800 bits per heavy atom. The number of halogens is 3. The predicted molar refractivity (Wildman–Crippen MR) is 185 cm³/mol. The number of carbonyl (C=O) groups is 3. The van der Waals surface area contributed by atoms with Crippen LogP contribution in [0.2, 0.25) is 0 Å². The van der Waals surface area contributed by atoms with Crippen LogP contribution < -0.4 is 0 Å². The largest absolute Gasteiger partial charge is 0.468 e. The molecular formula is C40H41F3N2O5. The number of amides is 2. The maximum atomic E-state index is 14.3. The van der Waals surface area contributed by atoms with E-state index in [2.05, 4.69) is 0 Å². The van der Waals surface area contributed by atoms with Crippen molar-refractivity contribution in [3.05, 3.63) is 120 Å². The molecule has 1 saturated heterocycles. The lowest BCUT2D eigenvalue weighted by molar-refractivity contribution is -0.142. The van der Waals surface area contributed by atoms with Gasteiger partial charge in [0.2, 0.25) is 0 Å². The summed E-state index contributed by atoms with van der Waals surface area (Å²) in [5.74, 6) is -1.70. The molecular weight excluding hydrogens is 645 g/mol. The summed E-state index contributed by atoms with van der Waals surface area (Å²) in [5.41, 5.74) is 2.75. The Labute approximate surface area is 290 Å². The number of nitrogens with zero attached hydrogens (tertiary/aromatic N) is 2. The van der Waals surface area contributed by atoms with Gasteiger partial charge in [-0.25, -0.2) is 4.79 Å². The van der Waals surface area contributed by atoms with Crippen LogP contribution in [-0.2, 0) is 20.4 Å². The Balaban J connectivity index is 1.44. The van der Waals surface area contributed by atoms with E-state index in [1.54, 1.807) is 54.8 Å². The average Bonchev–Trinajstić information content (AvgIpc) is 3.57. The van der Waals surface area contributed by atoms with Crippen LogP contribution in [0.15, 0.2) is 103 Å². The third kappa shape index (κ3) is 8.91. The number of benzene rings is 4. The Morgan fingerprint density at radius 2 is 1.34 bits per heavy atom. The second-order valence-corrected chi connectivity index (χ2v) is 13.4. The molecule has 0 saturated carbocycles. The second kappa shape index (κ2) is 15.2. The van der Waals surface area contributed by atoms with Crippen LogP contribution in [0.1, 0.15) is 61.0 Å². The summed E-state index contributed by atoms with van der Waals surface area (Å²) in [7, 11) is 1.31. The lowest BCUT2D eigenvalue weighted by atomic mass is 9.95. The van der Waals surface area contributed by atoms with E-state index in [4.69, 9.17) is 9.47 Å². The van der Waals surface area contributed by atoms with Gasteiger partial charge in [0, 0.05) is 25.2 Å². The van der Waals surface area contributed by atoms with Crippen LogP contribution in [0, 0.1) is 0 Å². The monoisotopic (exact) mass is 686 g/mol. The molecule has 0 spiro atoms. The molecule has 2 atom stereocenters. The molecule has 0 aliphatic carbocycles. The molecule has 1 unspecified atom stereocenters. The maximum absolute atomic E-state index is 14.3. The van der Waals surface area contributed by atoms with E-state index >= 15 is 0 Å². The summed E-state index contributed by atoms with van der Waals surface area (Å²) in [5, 5.41) is 0. The van der Waals surface area contributed by atoms with E-state index in [1.165, 1.54) is 19.2 Å². The summed E-state index contributed by atoms with van der Waals surface area (Å²) in [6.45, 7) is 5.99. The van der Waals surface area contributed by atoms with Crippen molar-refractivity contribution in [2.45, 2.75) is 57.3 Å². The smallest absolute Gasteiger partial charge is 0.416 e. The van der Waals surface area contributed by atoms with Gasteiger partial charge in [0.05, 0.1) is 24.6 Å². The summed E-state index contributed by atoms with van der Waals surface area (Å²) in [6.07, 6.45) is -3.53. The summed E-state index contributed by atoms with van der Waals surface area (Å²) >= 11 is 0. The van der Waals surface area contributed by atoms with Gasteiger partial charge in [-0.3, -0.25) is 9.59 Å². The van der Waals surface area contributed by atoms with Crippen molar-refractivity contribution in [2.24, 2.45) is 0 Å². The highest BCUT2D eigenvalue weighted by Gasteiger charge is 2.36. The van der Waals surface area contributed by atoms with Crippen LogP contribution in [0.25, 0.3) is 22.3 Å². The molecule has 0 N–H and O–H groups in total. The van der Waals surface area contributed by atoms with E-state index in [9.17, 15) is 27.6 Å². The van der Waals surface area contributed by atoms with Crippen molar-refractivity contribution < 1.29 is 37.0 Å². The topological polar surface area (TPSA) is 76.2 Å². The Morgan fingerprint density at radius 3 is 1.88 bits per heavy atom. The van der Waals surface area contributed by atoms with E-state index in [1.807, 2.05) is 54.6 Å². The molecule has 0 radical (unpaired) electrons. The zero-order chi connectivity index (χ0) is 36.1. The third-order valence-corrected chi connectivity index (χ3v) is 8.71. The number of hydrogen-bond donors (Lipinski definition) is 0. The first-order valence-corrected chi connectivity index (χ1v) is 16.5. The molecule has 0 aromatic heterocycles. The number of rotatable bonds is 9. The molecule has 262 valence electrons. The zero-order valence-corrected chi connectivity index (χ0v) is 28.6. The first-order valence-electron chi connectivity index (χ1n) is 16.5. The lowest BCUT2D eigenvalue weighted by Crippen LogP contribution is -2.48. The number of methoxy groups -OCH3 is 1. The average molecular weight is 687 g/mol. The molecule has 0 bridgehead atoms. The highest BCUT2D eigenvalue weighted by Crippen LogP contribution is 2.32. The van der Waals surface area contributed by atoms with Gasteiger partial charge in [-0.05, 0) is 85.7 Å². The number of carbonyl (C=O) groups excluding carboxylic acids is 3. The molecule has 10 heteroatoms. The van der Waals surface area contributed by atoms with Gasteiger partial charge >= 0.3 is 18.2 Å². The van der Waals surface area contributed by atoms with Gasteiger partial charge in [0.25, 0.3) is 5.91 Å². The minimum absolute atomic E-state index is 0.0183. The first kappa shape index (κ1) is 36.2. The Hall–Kier alpha value is -5.12. The highest BCUT2D eigenvalue weighted by molar-refractivity contribution is 5.95. The summed E-state index contributed by atoms with van der Waals surface area (Å²) < 4.78 is 50.1. The Kier molecular flexibility index (Phi) is 11.0. The molecule has 5 rings (SSSR count). The molecule has 1 heterocycles. The van der Waals surface area contributed by atoms with Gasteiger partial charge in [-0.1, -0.05) is 78.9 Å². The van der Waals surface area contributed by atoms with Crippen molar-refractivity contribution in [3.8, 4) is 22.3 Å². The first-order chi connectivity index (χ1) is 23.7. The number of ether oxygens (including phenoxy) is 2. The predicted octanol–water partition coefficient (Wildman–Crippen LogP) is 8.84. The summed E-state index contributed by atoms with van der Waals surface area (Å²) in [6, 6.07) is 28.4. The fourth-order valence-corrected chi connectivity index (χ4v) is 6.14. The van der Waals surface area contributed by atoms with Crippen LogP contribution >= 0.6 is 0 Å². The number of alkyl halides is 3. The highest BCUT2D eigenvalue weighted by atomic mass is 19.4. The molecule has 4 aromatic rings. The summed E-state index contributed by atoms with van der Waals surface area (Å²) in [4.78, 5) is 43.9. The number of hydrogen-bond acceptors (Lipinski definition) is 5. The molecule has 7 nitrogen and oxygen atoms in total. The van der Waals surface area contributed by atoms with E-state index in [-0.39, 0.29) is 25.0 Å². The molecule has 1 aliphatic heterocycles. The number of likely N-dealkylation sites (tertiary alicyclic amines) is 1. The van der Waals surface area contributed by atoms with Gasteiger partial charge < -0.3 is 19.3 Å². The number of esters is 1. The van der Waals surface area contributed by atoms with Crippen molar-refractivity contribution >= 4 is 18.0 Å². The molecule has 1 fully saturated rings. The Bertz CT molecular complexity index is 1770. The van der Waals surface area contributed by atoms with E-state index < -0.39 is 35.3 Å². The normalized spacial score (nSPS) is 15.3. The van der Waals surface area contributed by atoms with Gasteiger partial charge in [-0.2, -0.15) is 13.2 Å². The van der Waals surface area contributed by atoms with Crippen LogP contribution in [0.4, 0.5) is 18.0 Å². The molecule has 1 aliphatic rings. The van der Waals surface area contributed by atoms with Crippen molar-refractivity contribution in [1.82, 2.24) is 9.80 Å². The standard InChI is InChI=1S/C40H41F3N2O5/c1-39(2,3)50-38(48)45-24-8-11-34(45)25-44(26-35(37(47)49-4)31-16-12-28(13-17-31)27-9-6-5-7-10-27)36(46)32-18-14-29(15-19-32)30-20-22-33(23-21-30)40(41,42)43/h5-7,9-10,12-23,34-35H,8,11,24-26H2,1-4H3/t34-,35?/m0/s1. The molecule has 50 heavy (non-hydrogen) atoms. The fourth-order valence-electron chi connectivity index (χ4n) is 6.14. The van der Waals surface area contributed by atoms with Crippen LogP contribution in [-0.4, -0.2) is 66.2 Å². The molecule has 2 amide bonds. The van der Waals surface area contributed by atoms with Gasteiger partial charge in [-0.15, -0.1) is 0 Å². The fraction of sp³-hybridized carbons (Fsp3) is 0.325. The lowest BCUT2D eigenvalue weighted by Gasteiger charge is -2.33. The van der Waals surface area contributed by atoms with Crippen LogP contribution in [0.3, 0.4) is 0 Å². The van der Waals surface area contributed by atoms with Crippen LogP contribution in [0.5, 0.6) is 0 Å². The quantitative estimate of drug-likeness (QED) is 0.165. The van der Waals surface area contributed by atoms with Crippen molar-refractivity contribution in [1.29, 1.82) is 0 Å². The van der Waals surface area contributed by atoms with Crippen molar-refractivity contribution in [3.63, 3.8) is 0 Å². The van der Waals surface area contributed by atoms with E-state index in [0.29, 0.717) is 35.2 Å².